The first kappa shape index (κ1) is 27.9. The van der Waals surface area contributed by atoms with Gasteiger partial charge in [0.15, 0.2) is 0 Å². The first-order valence-corrected chi connectivity index (χ1v) is 13.1. The molecule has 4 aromatic rings. The Bertz CT molecular complexity index is 1540. The summed E-state index contributed by atoms with van der Waals surface area (Å²) >= 11 is 0. The molecule has 1 N–H and O–H groups in total. The van der Waals surface area contributed by atoms with E-state index < -0.39 is 17.4 Å². The van der Waals surface area contributed by atoms with E-state index in [1.807, 2.05) is 65.0 Å². The van der Waals surface area contributed by atoms with Gasteiger partial charge in [0.2, 0.25) is 0 Å². The first-order chi connectivity index (χ1) is 18.5. The largest absolute Gasteiger partial charge is 0.489 e. The molecule has 7 heteroatoms. The van der Waals surface area contributed by atoms with E-state index in [2.05, 4.69) is 0 Å². The topological polar surface area (TPSA) is 71.8 Å². The third-order valence-corrected chi connectivity index (χ3v) is 6.61. The van der Waals surface area contributed by atoms with Gasteiger partial charge < -0.3 is 14.4 Å². The standard InChI is InChI=1S/C32H35FN2O4/c1-21(2)18-34-28(19-35(31(37)38)32(3,4)5)29(23-12-9-13-24(33)16-23)27-17-25(14-15-26(27)30(34)36)39-20-22-10-7-6-8-11-22/h6-17,21H,18-20H2,1-5H3,(H,37,38). The maximum Gasteiger partial charge on any atom is 0.408 e. The molecule has 1 heterocycles. The molecule has 0 bridgehead atoms. The van der Waals surface area contributed by atoms with Crippen LogP contribution in [0.2, 0.25) is 0 Å². The molecule has 0 saturated carbocycles. The molecule has 204 valence electrons. The Balaban J connectivity index is 2.01. The van der Waals surface area contributed by atoms with Gasteiger partial charge in [-0.05, 0) is 68.1 Å². The molecule has 0 saturated heterocycles. The summed E-state index contributed by atoms with van der Waals surface area (Å²) in [4.78, 5) is 27.6. The van der Waals surface area contributed by atoms with Crippen LogP contribution >= 0.6 is 0 Å². The van der Waals surface area contributed by atoms with E-state index >= 15 is 0 Å². The van der Waals surface area contributed by atoms with Crippen LogP contribution in [0.25, 0.3) is 21.9 Å². The van der Waals surface area contributed by atoms with Crippen molar-refractivity contribution >= 4 is 16.9 Å². The second-order valence-corrected chi connectivity index (χ2v) is 11.2. The number of benzene rings is 3. The first-order valence-electron chi connectivity index (χ1n) is 13.1. The number of hydrogen-bond donors (Lipinski definition) is 1. The zero-order chi connectivity index (χ0) is 28.3. The molecule has 0 aliphatic heterocycles. The van der Waals surface area contributed by atoms with Crippen LogP contribution in [0.5, 0.6) is 5.75 Å². The van der Waals surface area contributed by atoms with Crippen molar-refractivity contribution in [2.24, 2.45) is 5.92 Å². The minimum Gasteiger partial charge on any atom is -0.489 e. The Labute approximate surface area is 228 Å². The van der Waals surface area contributed by atoms with Crippen LogP contribution in [-0.2, 0) is 19.7 Å². The molecule has 1 aromatic heterocycles. The molecule has 1 amide bonds. The van der Waals surface area contributed by atoms with Crippen molar-refractivity contribution in [2.45, 2.75) is 59.9 Å². The summed E-state index contributed by atoms with van der Waals surface area (Å²) in [6.07, 6.45) is -1.10. The van der Waals surface area contributed by atoms with Crippen LogP contribution in [0.3, 0.4) is 0 Å². The molecule has 0 aliphatic carbocycles. The van der Waals surface area contributed by atoms with Crippen molar-refractivity contribution in [3.8, 4) is 16.9 Å². The van der Waals surface area contributed by atoms with E-state index in [0.717, 1.165) is 5.56 Å². The fourth-order valence-corrected chi connectivity index (χ4v) is 4.74. The van der Waals surface area contributed by atoms with Crippen molar-refractivity contribution in [2.75, 3.05) is 0 Å². The van der Waals surface area contributed by atoms with E-state index in [-0.39, 0.29) is 18.0 Å². The fraction of sp³-hybridized carbons (Fsp3) is 0.312. The Morgan fingerprint density at radius 2 is 1.72 bits per heavy atom. The minimum absolute atomic E-state index is 0.0440. The average Bonchev–Trinajstić information content (AvgIpc) is 2.87. The van der Waals surface area contributed by atoms with Gasteiger partial charge in [-0.15, -0.1) is 0 Å². The SMILES string of the molecule is CC(C)Cn1c(CN(C(=O)O)C(C)(C)C)c(-c2cccc(F)c2)c2cc(OCc3ccccc3)ccc2c1=O. The number of ether oxygens (including phenoxy) is 1. The van der Waals surface area contributed by atoms with Gasteiger partial charge in [0.1, 0.15) is 18.2 Å². The molecule has 0 atom stereocenters. The van der Waals surface area contributed by atoms with Gasteiger partial charge in [0.25, 0.3) is 5.56 Å². The van der Waals surface area contributed by atoms with Crippen molar-refractivity contribution < 1.29 is 19.0 Å². The van der Waals surface area contributed by atoms with Crippen LogP contribution in [0.1, 0.15) is 45.9 Å². The molecule has 0 radical (unpaired) electrons. The van der Waals surface area contributed by atoms with Crippen LogP contribution in [0, 0.1) is 11.7 Å². The van der Waals surface area contributed by atoms with Gasteiger partial charge in [0, 0.05) is 34.1 Å². The minimum atomic E-state index is -1.10. The smallest absolute Gasteiger partial charge is 0.408 e. The lowest BCUT2D eigenvalue weighted by molar-refractivity contribution is 0.0937. The number of hydrogen-bond acceptors (Lipinski definition) is 3. The number of nitrogens with zero attached hydrogens (tertiary/aromatic N) is 2. The predicted octanol–water partition coefficient (Wildman–Crippen LogP) is 7.32. The molecule has 0 fully saturated rings. The fourth-order valence-electron chi connectivity index (χ4n) is 4.74. The Hall–Kier alpha value is -4.13. The number of carbonyl (C=O) groups is 1. The summed E-state index contributed by atoms with van der Waals surface area (Å²) in [7, 11) is 0. The molecule has 0 unspecified atom stereocenters. The second kappa shape index (κ2) is 11.3. The summed E-state index contributed by atoms with van der Waals surface area (Å²) < 4.78 is 22.3. The highest BCUT2D eigenvalue weighted by Crippen LogP contribution is 2.35. The predicted molar refractivity (Wildman–Crippen MR) is 153 cm³/mol. The van der Waals surface area contributed by atoms with E-state index in [0.29, 0.717) is 46.5 Å². The highest BCUT2D eigenvalue weighted by molar-refractivity contribution is 5.98. The summed E-state index contributed by atoms with van der Waals surface area (Å²) in [6.45, 7) is 10.1. The van der Waals surface area contributed by atoms with Crippen LogP contribution < -0.4 is 10.3 Å². The van der Waals surface area contributed by atoms with E-state index in [9.17, 15) is 19.1 Å². The number of amides is 1. The number of carboxylic acid groups (broad SMARTS) is 1. The van der Waals surface area contributed by atoms with Crippen molar-refractivity contribution in [3.05, 3.63) is 100 Å². The molecule has 6 nitrogen and oxygen atoms in total. The van der Waals surface area contributed by atoms with Crippen LogP contribution in [-0.4, -0.2) is 26.2 Å². The highest BCUT2D eigenvalue weighted by atomic mass is 19.1. The van der Waals surface area contributed by atoms with Gasteiger partial charge in [-0.3, -0.25) is 9.69 Å². The molecule has 0 aliphatic rings. The molecular weight excluding hydrogens is 495 g/mol. The van der Waals surface area contributed by atoms with Crippen molar-refractivity contribution in [3.63, 3.8) is 0 Å². The van der Waals surface area contributed by atoms with Gasteiger partial charge in [-0.1, -0.05) is 56.3 Å². The Morgan fingerprint density at radius 3 is 2.33 bits per heavy atom. The highest BCUT2D eigenvalue weighted by Gasteiger charge is 2.30. The lowest BCUT2D eigenvalue weighted by Crippen LogP contribution is -2.45. The number of fused-ring (bicyclic) bond motifs is 1. The molecule has 0 spiro atoms. The average molecular weight is 531 g/mol. The number of aromatic nitrogens is 1. The third kappa shape index (κ3) is 6.30. The second-order valence-electron chi connectivity index (χ2n) is 11.2. The van der Waals surface area contributed by atoms with Crippen LogP contribution in [0.4, 0.5) is 9.18 Å². The lowest BCUT2D eigenvalue weighted by atomic mass is 9.94. The zero-order valence-electron chi connectivity index (χ0n) is 23.1. The van der Waals surface area contributed by atoms with E-state index in [4.69, 9.17) is 4.74 Å². The van der Waals surface area contributed by atoms with E-state index in [1.54, 1.807) is 34.9 Å². The van der Waals surface area contributed by atoms with Gasteiger partial charge >= 0.3 is 6.09 Å². The maximum absolute atomic E-state index is 14.5. The van der Waals surface area contributed by atoms with Gasteiger partial charge in [-0.2, -0.15) is 0 Å². The summed E-state index contributed by atoms with van der Waals surface area (Å²) in [5.74, 6) is 0.248. The van der Waals surface area contributed by atoms with Gasteiger partial charge in [-0.25, -0.2) is 9.18 Å². The Morgan fingerprint density at radius 1 is 1.00 bits per heavy atom. The van der Waals surface area contributed by atoms with Gasteiger partial charge in [0.05, 0.1) is 6.54 Å². The lowest BCUT2D eigenvalue weighted by Gasteiger charge is -2.35. The van der Waals surface area contributed by atoms with Crippen molar-refractivity contribution in [1.82, 2.24) is 9.47 Å². The van der Waals surface area contributed by atoms with Crippen LogP contribution in [0.15, 0.2) is 77.6 Å². The van der Waals surface area contributed by atoms with Crippen molar-refractivity contribution in [1.29, 1.82) is 0 Å². The molecular formula is C32H35FN2O4. The number of pyridine rings is 1. The summed E-state index contributed by atoms with van der Waals surface area (Å²) in [6, 6.07) is 21.2. The monoisotopic (exact) mass is 530 g/mol. The van der Waals surface area contributed by atoms with E-state index in [1.165, 1.54) is 17.0 Å². The summed E-state index contributed by atoms with van der Waals surface area (Å²) in [5.41, 5.74) is 1.74. The number of rotatable bonds is 8. The molecule has 3 aromatic carbocycles. The molecule has 39 heavy (non-hydrogen) atoms. The summed E-state index contributed by atoms with van der Waals surface area (Å²) in [5, 5.41) is 11.2. The maximum atomic E-state index is 14.5. The third-order valence-electron chi connectivity index (χ3n) is 6.61. The molecule has 4 rings (SSSR count). The number of halogens is 1. The Kier molecular flexibility index (Phi) is 8.09. The quantitative estimate of drug-likeness (QED) is 0.259. The normalized spacial score (nSPS) is 11.7. The zero-order valence-corrected chi connectivity index (χ0v) is 23.1.